The third-order valence-electron chi connectivity index (χ3n) is 4.56. The lowest BCUT2D eigenvalue weighted by Gasteiger charge is -2.40. The van der Waals surface area contributed by atoms with Crippen molar-refractivity contribution in [3.63, 3.8) is 0 Å². The average Bonchev–Trinajstić information content (AvgIpc) is 3.04. The second-order valence-corrected chi connectivity index (χ2v) is 12.8. The minimum atomic E-state index is -0.700. The summed E-state index contributed by atoms with van der Waals surface area (Å²) in [7, 11) is -0.700. The first-order valence-corrected chi connectivity index (χ1v) is 10.9. The van der Waals surface area contributed by atoms with Gasteiger partial charge in [0, 0.05) is 17.7 Å². The Bertz CT molecular complexity index is 986. The van der Waals surface area contributed by atoms with Crippen LogP contribution in [-0.2, 0) is 0 Å². The summed E-state index contributed by atoms with van der Waals surface area (Å²) in [5.74, 6) is 0. The SMILES string of the molecule is CC(C)(C)P(c1nnn(-c2ccccc2)c1-c1ccc([N+](=O)[O-])cc1)C(C)(C)C. The van der Waals surface area contributed by atoms with E-state index in [0.29, 0.717) is 0 Å². The van der Waals surface area contributed by atoms with Gasteiger partial charge in [-0.1, -0.05) is 65.0 Å². The van der Waals surface area contributed by atoms with Crippen molar-refractivity contribution < 1.29 is 4.92 Å². The van der Waals surface area contributed by atoms with Crippen LogP contribution in [0.3, 0.4) is 0 Å². The van der Waals surface area contributed by atoms with E-state index in [1.165, 1.54) is 12.1 Å². The van der Waals surface area contributed by atoms with Crippen LogP contribution in [0.15, 0.2) is 54.6 Å². The number of non-ortho nitro benzene ring substituents is 1. The fourth-order valence-electron chi connectivity index (χ4n) is 3.81. The van der Waals surface area contributed by atoms with E-state index in [0.717, 1.165) is 22.4 Å². The van der Waals surface area contributed by atoms with E-state index in [4.69, 9.17) is 0 Å². The van der Waals surface area contributed by atoms with Gasteiger partial charge in [-0.05, 0) is 42.5 Å². The van der Waals surface area contributed by atoms with Crippen LogP contribution in [0.25, 0.3) is 16.9 Å². The van der Waals surface area contributed by atoms with Crippen molar-refractivity contribution in [3.8, 4) is 16.9 Å². The van der Waals surface area contributed by atoms with Gasteiger partial charge in [-0.25, -0.2) is 4.68 Å². The molecule has 2 aromatic carbocycles. The summed E-state index contributed by atoms with van der Waals surface area (Å²) in [5, 5.41) is 20.3. The molecule has 7 heteroatoms. The topological polar surface area (TPSA) is 73.8 Å². The van der Waals surface area contributed by atoms with Crippen LogP contribution < -0.4 is 5.44 Å². The lowest BCUT2D eigenvalue weighted by molar-refractivity contribution is -0.384. The van der Waals surface area contributed by atoms with Crippen molar-refractivity contribution in [2.45, 2.75) is 51.9 Å². The Kier molecular flexibility index (Phi) is 5.59. The number of hydrogen-bond acceptors (Lipinski definition) is 4. The van der Waals surface area contributed by atoms with Gasteiger partial charge in [0.05, 0.1) is 10.6 Å². The Morgan fingerprint density at radius 2 is 1.45 bits per heavy atom. The summed E-state index contributed by atoms with van der Waals surface area (Å²) in [4.78, 5) is 10.7. The van der Waals surface area contributed by atoms with Crippen molar-refractivity contribution in [3.05, 3.63) is 64.7 Å². The van der Waals surface area contributed by atoms with Crippen LogP contribution in [0.4, 0.5) is 5.69 Å². The fourth-order valence-corrected chi connectivity index (χ4v) is 7.66. The molecule has 0 aliphatic heterocycles. The van der Waals surface area contributed by atoms with Gasteiger partial charge in [-0.2, -0.15) is 0 Å². The zero-order chi connectivity index (χ0) is 21.4. The van der Waals surface area contributed by atoms with Crippen LogP contribution in [0.2, 0.25) is 0 Å². The number of benzene rings is 2. The lowest BCUT2D eigenvalue weighted by atomic mass is 10.1. The molecular weight excluding hydrogens is 383 g/mol. The predicted octanol–water partition coefficient (Wildman–Crippen LogP) is 5.55. The predicted molar refractivity (Wildman–Crippen MR) is 120 cm³/mol. The molecule has 0 N–H and O–H groups in total. The molecule has 0 amide bonds. The van der Waals surface area contributed by atoms with Crippen molar-refractivity contribution in [2.75, 3.05) is 0 Å². The molecule has 0 fully saturated rings. The van der Waals surface area contributed by atoms with Gasteiger partial charge in [0.15, 0.2) is 0 Å². The minimum absolute atomic E-state index is 0.0145. The Hall–Kier alpha value is -2.59. The van der Waals surface area contributed by atoms with E-state index in [2.05, 4.69) is 51.9 Å². The van der Waals surface area contributed by atoms with Crippen LogP contribution in [-0.4, -0.2) is 30.2 Å². The number of para-hydroxylation sites is 1. The summed E-state index contributed by atoms with van der Waals surface area (Å²) in [6, 6.07) is 16.5. The second-order valence-electron chi connectivity index (χ2n) is 8.99. The normalized spacial score (nSPS) is 12.4. The monoisotopic (exact) mass is 410 g/mol. The Morgan fingerprint density at radius 1 is 0.897 bits per heavy atom. The maximum Gasteiger partial charge on any atom is 0.269 e. The third kappa shape index (κ3) is 4.38. The number of aromatic nitrogens is 3. The molecule has 3 rings (SSSR count). The summed E-state index contributed by atoms with van der Waals surface area (Å²) < 4.78 is 1.85. The van der Waals surface area contributed by atoms with Gasteiger partial charge in [0.1, 0.15) is 11.1 Å². The zero-order valence-electron chi connectivity index (χ0n) is 17.7. The zero-order valence-corrected chi connectivity index (χ0v) is 18.6. The maximum atomic E-state index is 11.1. The molecule has 6 nitrogen and oxygen atoms in total. The quantitative estimate of drug-likeness (QED) is 0.321. The molecule has 0 atom stereocenters. The highest BCUT2D eigenvalue weighted by atomic mass is 31.1. The molecule has 152 valence electrons. The molecule has 0 saturated heterocycles. The van der Waals surface area contributed by atoms with Crippen molar-refractivity contribution in [1.29, 1.82) is 0 Å². The molecule has 0 bridgehead atoms. The summed E-state index contributed by atoms with van der Waals surface area (Å²) >= 11 is 0. The fraction of sp³-hybridized carbons (Fsp3) is 0.364. The standard InChI is InChI=1S/C22H27N4O2P/c1-21(2,3)29(22(4,5)6)20-19(16-12-14-18(15-13-16)26(27)28)25(24-23-20)17-10-8-7-9-11-17/h7-15H,1-6H3. The molecule has 3 aromatic rings. The first-order valence-electron chi connectivity index (χ1n) is 9.56. The van der Waals surface area contributed by atoms with Crippen LogP contribution in [0.1, 0.15) is 41.5 Å². The van der Waals surface area contributed by atoms with E-state index < -0.39 is 7.92 Å². The molecule has 1 heterocycles. The van der Waals surface area contributed by atoms with Gasteiger partial charge in [-0.15, -0.1) is 5.10 Å². The van der Waals surface area contributed by atoms with Gasteiger partial charge in [-0.3, -0.25) is 10.1 Å². The van der Waals surface area contributed by atoms with Crippen LogP contribution in [0.5, 0.6) is 0 Å². The highest BCUT2D eigenvalue weighted by molar-refractivity contribution is 7.68. The summed E-state index contributed by atoms with van der Waals surface area (Å²) in [6.45, 7) is 13.4. The van der Waals surface area contributed by atoms with Crippen molar-refractivity contribution >= 4 is 19.0 Å². The highest BCUT2D eigenvalue weighted by Crippen LogP contribution is 2.59. The molecule has 29 heavy (non-hydrogen) atoms. The van der Waals surface area contributed by atoms with Crippen molar-refractivity contribution in [1.82, 2.24) is 15.0 Å². The molecule has 0 unspecified atom stereocenters. The molecule has 1 aromatic heterocycles. The van der Waals surface area contributed by atoms with Crippen molar-refractivity contribution in [2.24, 2.45) is 0 Å². The smallest absolute Gasteiger partial charge is 0.258 e. The number of nitro benzene ring substituents is 1. The first-order chi connectivity index (χ1) is 13.5. The Balaban J connectivity index is 2.28. The number of rotatable bonds is 4. The van der Waals surface area contributed by atoms with Gasteiger partial charge >= 0.3 is 0 Å². The van der Waals surface area contributed by atoms with E-state index in [-0.39, 0.29) is 20.9 Å². The first kappa shape index (κ1) is 21.1. The second kappa shape index (κ2) is 7.68. The van der Waals surface area contributed by atoms with Crippen LogP contribution >= 0.6 is 7.92 Å². The number of nitrogens with zero attached hydrogens (tertiary/aromatic N) is 4. The molecule has 0 aliphatic carbocycles. The van der Waals surface area contributed by atoms with Gasteiger partial charge in [0.25, 0.3) is 5.69 Å². The lowest BCUT2D eigenvalue weighted by Crippen LogP contribution is -2.32. The van der Waals surface area contributed by atoms with E-state index in [1.807, 2.05) is 35.0 Å². The molecule has 0 spiro atoms. The average molecular weight is 410 g/mol. The Morgan fingerprint density at radius 3 is 1.93 bits per heavy atom. The van der Waals surface area contributed by atoms with E-state index in [9.17, 15) is 10.1 Å². The van der Waals surface area contributed by atoms with Gasteiger partial charge < -0.3 is 0 Å². The van der Waals surface area contributed by atoms with Gasteiger partial charge in [0.2, 0.25) is 0 Å². The largest absolute Gasteiger partial charge is 0.269 e. The number of nitro groups is 1. The molecule has 0 aliphatic rings. The molecule has 0 radical (unpaired) electrons. The minimum Gasteiger partial charge on any atom is -0.258 e. The maximum absolute atomic E-state index is 11.1. The summed E-state index contributed by atoms with van der Waals surface area (Å²) in [6.07, 6.45) is 0. The summed E-state index contributed by atoms with van der Waals surface area (Å²) in [5.41, 5.74) is 3.74. The molecule has 0 saturated carbocycles. The van der Waals surface area contributed by atoms with E-state index in [1.54, 1.807) is 12.1 Å². The highest BCUT2D eigenvalue weighted by Gasteiger charge is 2.40. The van der Waals surface area contributed by atoms with E-state index >= 15 is 0 Å². The Labute approximate surface area is 172 Å². The molecular formula is C22H27N4O2P. The van der Waals surface area contributed by atoms with Crippen LogP contribution in [0, 0.1) is 10.1 Å². The number of hydrogen-bond donors (Lipinski definition) is 0. The third-order valence-corrected chi connectivity index (χ3v) is 7.97.